The van der Waals surface area contributed by atoms with Gasteiger partial charge in [-0.3, -0.25) is 4.72 Å². The van der Waals surface area contributed by atoms with E-state index in [1.54, 1.807) is 24.3 Å². The first-order chi connectivity index (χ1) is 11.3. The van der Waals surface area contributed by atoms with Gasteiger partial charge in [0.05, 0.1) is 17.6 Å². The Kier molecular flexibility index (Phi) is 5.42. The van der Waals surface area contributed by atoms with Crippen molar-refractivity contribution in [3.8, 4) is 0 Å². The van der Waals surface area contributed by atoms with Crippen LogP contribution >= 0.6 is 11.6 Å². The lowest BCUT2D eigenvalue weighted by Crippen LogP contribution is -2.18. The number of esters is 1. The van der Waals surface area contributed by atoms with E-state index in [1.807, 2.05) is 0 Å². The van der Waals surface area contributed by atoms with Gasteiger partial charge in [0.15, 0.2) is 9.92 Å². The van der Waals surface area contributed by atoms with Crippen molar-refractivity contribution in [2.45, 2.75) is 4.90 Å². The van der Waals surface area contributed by atoms with Gasteiger partial charge in [0, 0.05) is 10.7 Å². The highest BCUT2D eigenvalue weighted by molar-refractivity contribution is 7.95. The van der Waals surface area contributed by atoms with Crippen molar-refractivity contribution >= 4 is 39.2 Å². The van der Waals surface area contributed by atoms with Crippen LogP contribution in [0.3, 0.4) is 0 Å². The third-order valence-corrected chi connectivity index (χ3v) is 5.03. The molecular formula is C15H14ClN3O4S. The predicted molar refractivity (Wildman–Crippen MR) is 91.3 cm³/mol. The number of carbonyl (C=O) groups excluding carboxylic acids is 2. The molecule has 0 aliphatic rings. The third kappa shape index (κ3) is 4.24. The van der Waals surface area contributed by atoms with E-state index in [1.165, 1.54) is 31.4 Å². The van der Waals surface area contributed by atoms with E-state index in [4.69, 9.17) is 17.3 Å². The number of rotatable bonds is 4. The number of benzene rings is 2. The average molecular weight is 368 g/mol. The maximum absolute atomic E-state index is 13.1. The van der Waals surface area contributed by atoms with E-state index < -0.39 is 21.9 Å². The molecule has 7 nitrogen and oxygen atoms in total. The summed E-state index contributed by atoms with van der Waals surface area (Å²) >= 11 is 5.80. The summed E-state index contributed by atoms with van der Waals surface area (Å²) in [6.07, 6.45) is 0. The Bertz CT molecular complexity index is 873. The largest absolute Gasteiger partial charge is 0.465 e. The summed E-state index contributed by atoms with van der Waals surface area (Å²) in [6.45, 7) is 0. The van der Waals surface area contributed by atoms with Crippen molar-refractivity contribution < 1.29 is 18.5 Å². The zero-order valence-corrected chi connectivity index (χ0v) is 14.1. The van der Waals surface area contributed by atoms with E-state index >= 15 is 0 Å². The number of anilines is 1. The lowest BCUT2D eigenvalue weighted by Gasteiger charge is -2.13. The van der Waals surface area contributed by atoms with Gasteiger partial charge in [-0.15, -0.1) is 4.36 Å². The highest BCUT2D eigenvalue weighted by Crippen LogP contribution is 2.21. The van der Waals surface area contributed by atoms with E-state index in [0.29, 0.717) is 10.7 Å². The maximum atomic E-state index is 13.1. The molecule has 0 saturated heterocycles. The van der Waals surface area contributed by atoms with Gasteiger partial charge in [-0.25, -0.2) is 13.8 Å². The van der Waals surface area contributed by atoms with Crippen LogP contribution < -0.4 is 10.5 Å². The number of ether oxygens (including phenoxy) is 1. The standard InChI is InChI=1S/C15H14ClN3O4S/c1-23-14(20)10-2-8-13(9-3-10)24(22,19-15(17)21)18-12-6-4-11(16)5-7-12/h2-9H,1H3,(H3,17,18,19,21,22). The number of nitrogens with two attached hydrogens (primary N) is 1. The SMILES string of the molecule is COC(=O)c1ccc(S(=O)(=NC(N)=O)Nc2ccc(Cl)cc2)cc1. The maximum Gasteiger partial charge on any atom is 0.348 e. The summed E-state index contributed by atoms with van der Waals surface area (Å²) in [5.41, 5.74) is 5.78. The van der Waals surface area contributed by atoms with Gasteiger partial charge < -0.3 is 10.5 Å². The minimum Gasteiger partial charge on any atom is -0.465 e. The monoisotopic (exact) mass is 367 g/mol. The van der Waals surface area contributed by atoms with Gasteiger partial charge in [0.1, 0.15) is 0 Å². The number of nitrogens with zero attached hydrogens (tertiary/aromatic N) is 1. The molecule has 0 radical (unpaired) electrons. The fourth-order valence-electron chi connectivity index (χ4n) is 1.83. The van der Waals surface area contributed by atoms with Crippen molar-refractivity contribution in [2.24, 2.45) is 10.1 Å². The van der Waals surface area contributed by atoms with Crippen molar-refractivity contribution in [3.63, 3.8) is 0 Å². The normalized spacial score (nSPS) is 12.8. The second-order valence-corrected chi connectivity index (χ2v) is 6.93. The molecule has 1 unspecified atom stereocenters. The molecule has 1 atom stereocenters. The fourth-order valence-corrected chi connectivity index (χ4v) is 3.44. The van der Waals surface area contributed by atoms with Crippen LogP contribution in [0, 0.1) is 0 Å². The Morgan fingerprint density at radius 2 is 1.71 bits per heavy atom. The topological polar surface area (TPSA) is 111 Å². The molecule has 24 heavy (non-hydrogen) atoms. The molecule has 3 N–H and O–H groups in total. The van der Waals surface area contributed by atoms with Gasteiger partial charge >= 0.3 is 12.0 Å². The first-order valence-electron chi connectivity index (χ1n) is 6.62. The molecule has 2 rings (SSSR count). The number of primary amides is 1. The Balaban J connectivity index is 2.44. The minimum absolute atomic E-state index is 0.184. The van der Waals surface area contributed by atoms with Gasteiger partial charge in [0.25, 0.3) is 0 Å². The summed E-state index contributed by atoms with van der Waals surface area (Å²) in [5, 5.41) is 0.501. The summed E-state index contributed by atoms with van der Waals surface area (Å²) in [6, 6.07) is 10.9. The first-order valence-corrected chi connectivity index (χ1v) is 8.52. The molecule has 0 bridgehead atoms. The van der Waals surface area contributed by atoms with Crippen LogP contribution in [0.2, 0.25) is 5.02 Å². The Hall–Kier alpha value is -2.58. The highest BCUT2D eigenvalue weighted by atomic mass is 35.5. The number of urea groups is 1. The summed E-state index contributed by atoms with van der Waals surface area (Å²) in [4.78, 5) is 22.8. The zero-order valence-electron chi connectivity index (χ0n) is 12.6. The average Bonchev–Trinajstić information content (AvgIpc) is 2.55. The molecule has 2 amide bonds. The molecule has 0 aliphatic heterocycles. The van der Waals surface area contributed by atoms with E-state index in [0.717, 1.165) is 0 Å². The van der Waals surface area contributed by atoms with Gasteiger partial charge in [0.2, 0.25) is 0 Å². The van der Waals surface area contributed by atoms with Crippen molar-refractivity contribution in [1.29, 1.82) is 0 Å². The molecule has 2 aromatic carbocycles. The molecule has 0 spiro atoms. The Morgan fingerprint density at radius 1 is 1.12 bits per heavy atom. The minimum atomic E-state index is -3.38. The van der Waals surface area contributed by atoms with Crippen LogP contribution in [0.5, 0.6) is 0 Å². The molecule has 0 fully saturated rings. The summed E-state index contributed by atoms with van der Waals surface area (Å²) in [5.74, 6) is -0.537. The van der Waals surface area contributed by atoms with Gasteiger partial charge in [-0.1, -0.05) is 11.6 Å². The van der Waals surface area contributed by atoms with Gasteiger partial charge in [-0.05, 0) is 48.5 Å². The van der Waals surface area contributed by atoms with Crippen molar-refractivity contribution in [2.75, 3.05) is 11.8 Å². The van der Waals surface area contributed by atoms with Crippen LogP contribution in [0.4, 0.5) is 10.5 Å². The lowest BCUT2D eigenvalue weighted by molar-refractivity contribution is 0.0600. The molecule has 0 saturated carbocycles. The number of hydrogen-bond acceptors (Lipinski definition) is 4. The van der Waals surface area contributed by atoms with Gasteiger partial charge in [-0.2, -0.15) is 0 Å². The second-order valence-electron chi connectivity index (χ2n) is 4.58. The van der Waals surface area contributed by atoms with Crippen LogP contribution in [0.1, 0.15) is 10.4 Å². The number of hydrogen-bond donors (Lipinski definition) is 2. The van der Waals surface area contributed by atoms with E-state index in [2.05, 4.69) is 13.8 Å². The zero-order chi connectivity index (χ0) is 17.7. The number of carbonyl (C=O) groups is 2. The van der Waals surface area contributed by atoms with Crippen LogP contribution in [-0.4, -0.2) is 23.3 Å². The Morgan fingerprint density at radius 3 is 2.21 bits per heavy atom. The van der Waals surface area contributed by atoms with Crippen molar-refractivity contribution in [3.05, 3.63) is 59.1 Å². The third-order valence-electron chi connectivity index (χ3n) is 2.91. The molecule has 0 aromatic heterocycles. The van der Waals surface area contributed by atoms with Crippen molar-refractivity contribution in [1.82, 2.24) is 0 Å². The highest BCUT2D eigenvalue weighted by Gasteiger charge is 2.16. The second kappa shape index (κ2) is 7.33. The van der Waals surface area contributed by atoms with Crippen LogP contribution in [-0.2, 0) is 14.7 Å². The first kappa shape index (κ1) is 17.8. The molecule has 126 valence electrons. The van der Waals surface area contributed by atoms with Crippen LogP contribution in [0.15, 0.2) is 57.8 Å². The predicted octanol–water partition coefficient (Wildman–Crippen LogP) is 3.06. The van der Waals surface area contributed by atoms with Crippen LogP contribution in [0.25, 0.3) is 0 Å². The number of methoxy groups -OCH3 is 1. The van der Waals surface area contributed by atoms with E-state index in [9.17, 15) is 13.8 Å². The van der Waals surface area contributed by atoms with E-state index in [-0.39, 0.29) is 10.5 Å². The molecular weight excluding hydrogens is 354 g/mol. The Labute approximate surface area is 144 Å². The fraction of sp³-hybridized carbons (Fsp3) is 0.0667. The number of halogens is 1. The molecule has 0 aliphatic carbocycles. The number of amides is 2. The molecule has 2 aromatic rings. The summed E-state index contributed by atoms with van der Waals surface area (Å²) < 4.78 is 23.8. The quantitative estimate of drug-likeness (QED) is 0.809. The lowest BCUT2D eigenvalue weighted by atomic mass is 10.2. The molecule has 9 heteroatoms. The number of nitrogens with one attached hydrogen (secondary N) is 1. The smallest absolute Gasteiger partial charge is 0.348 e. The molecule has 0 heterocycles. The summed E-state index contributed by atoms with van der Waals surface area (Å²) in [7, 11) is -2.12.